The molecule has 0 saturated carbocycles. The molecule has 0 aliphatic rings. The van der Waals surface area contributed by atoms with E-state index in [9.17, 15) is 18.0 Å². The minimum Gasteiger partial charge on any atom is -0.497 e. The topological polar surface area (TPSA) is 96.0 Å². The maximum absolute atomic E-state index is 14.2. The summed E-state index contributed by atoms with van der Waals surface area (Å²) < 4.78 is 34.4. The minimum atomic E-state index is -4.19. The Kier molecular flexibility index (Phi) is 12.1. The van der Waals surface area contributed by atoms with Gasteiger partial charge in [0.05, 0.1) is 27.7 Å². The highest BCUT2D eigenvalue weighted by Crippen LogP contribution is 2.29. The number of hydrogen-bond donors (Lipinski definition) is 1. The van der Waals surface area contributed by atoms with Crippen LogP contribution in [0.1, 0.15) is 44.2 Å². The highest BCUT2D eigenvalue weighted by atomic mass is 35.5. The van der Waals surface area contributed by atoms with Crippen LogP contribution in [0.2, 0.25) is 10.0 Å². The van der Waals surface area contributed by atoms with Crippen LogP contribution in [0.25, 0.3) is 0 Å². The van der Waals surface area contributed by atoms with Crippen molar-refractivity contribution < 1.29 is 22.7 Å². The predicted octanol–water partition coefficient (Wildman–Crippen LogP) is 6.23. The van der Waals surface area contributed by atoms with Crippen molar-refractivity contribution in [2.75, 3.05) is 24.5 Å². The molecule has 0 aliphatic carbocycles. The van der Waals surface area contributed by atoms with Gasteiger partial charge in [-0.25, -0.2) is 8.42 Å². The summed E-state index contributed by atoms with van der Waals surface area (Å²) in [5, 5.41) is 3.57. The summed E-state index contributed by atoms with van der Waals surface area (Å²) in [5.74, 6) is -0.441. The van der Waals surface area contributed by atoms with Gasteiger partial charge in [0, 0.05) is 19.2 Å². The fraction of sp³-hybridized carbons (Fsp3) is 0.355. The van der Waals surface area contributed by atoms with E-state index in [1.165, 1.54) is 24.1 Å². The lowest BCUT2D eigenvalue weighted by atomic mass is 10.1. The Morgan fingerprint density at radius 3 is 2.31 bits per heavy atom. The molecule has 3 rings (SSSR count). The smallest absolute Gasteiger partial charge is 0.264 e. The molecule has 11 heteroatoms. The van der Waals surface area contributed by atoms with Crippen LogP contribution in [0.4, 0.5) is 5.69 Å². The summed E-state index contributed by atoms with van der Waals surface area (Å²) in [6.07, 6.45) is 2.01. The Hall–Kier alpha value is -3.27. The quantitative estimate of drug-likeness (QED) is 0.212. The van der Waals surface area contributed by atoms with Gasteiger partial charge in [0.2, 0.25) is 11.8 Å². The van der Waals surface area contributed by atoms with Gasteiger partial charge in [-0.05, 0) is 61.7 Å². The van der Waals surface area contributed by atoms with Crippen molar-refractivity contribution >= 4 is 50.7 Å². The van der Waals surface area contributed by atoms with Crippen molar-refractivity contribution in [1.29, 1.82) is 0 Å². The molecule has 226 valence electrons. The Labute approximate surface area is 258 Å². The highest BCUT2D eigenvalue weighted by molar-refractivity contribution is 7.92. The third-order valence-electron chi connectivity index (χ3n) is 6.78. The van der Waals surface area contributed by atoms with E-state index < -0.39 is 28.5 Å². The second kappa shape index (κ2) is 15.3. The number of aryl methyl sites for hydroxylation is 1. The average Bonchev–Trinajstić information content (AvgIpc) is 2.97. The lowest BCUT2D eigenvalue weighted by molar-refractivity contribution is -0.140. The van der Waals surface area contributed by atoms with Crippen molar-refractivity contribution in [1.82, 2.24) is 10.2 Å². The van der Waals surface area contributed by atoms with Crippen molar-refractivity contribution in [2.45, 2.75) is 57.5 Å². The van der Waals surface area contributed by atoms with Gasteiger partial charge in [0.15, 0.2) is 0 Å². The van der Waals surface area contributed by atoms with Gasteiger partial charge in [-0.15, -0.1) is 0 Å². The Balaban J connectivity index is 2.07. The van der Waals surface area contributed by atoms with Crippen LogP contribution < -0.4 is 14.4 Å². The predicted molar refractivity (Wildman–Crippen MR) is 168 cm³/mol. The molecule has 0 unspecified atom stereocenters. The summed E-state index contributed by atoms with van der Waals surface area (Å²) in [6, 6.07) is 17.0. The number of carbonyl (C=O) groups is 2. The lowest BCUT2D eigenvalue weighted by Gasteiger charge is -2.33. The molecular formula is C31H37Cl2N3O5S. The molecule has 0 aliphatic heterocycles. The van der Waals surface area contributed by atoms with Gasteiger partial charge in [0.25, 0.3) is 10.0 Å². The second-order valence-electron chi connectivity index (χ2n) is 9.86. The Bertz CT molecular complexity index is 1480. The fourth-order valence-electron chi connectivity index (χ4n) is 4.39. The maximum Gasteiger partial charge on any atom is 0.264 e. The second-order valence-corrected chi connectivity index (χ2v) is 12.5. The van der Waals surface area contributed by atoms with E-state index in [0.29, 0.717) is 34.3 Å². The Morgan fingerprint density at radius 1 is 0.976 bits per heavy atom. The van der Waals surface area contributed by atoms with Crippen molar-refractivity contribution in [3.05, 3.63) is 87.9 Å². The van der Waals surface area contributed by atoms with Gasteiger partial charge in [-0.2, -0.15) is 0 Å². The molecule has 3 aromatic carbocycles. The zero-order chi connectivity index (χ0) is 30.9. The number of rotatable bonds is 14. The van der Waals surface area contributed by atoms with Crippen LogP contribution >= 0.6 is 23.2 Å². The third-order valence-corrected chi connectivity index (χ3v) is 9.31. The van der Waals surface area contributed by atoms with E-state index in [1.54, 1.807) is 54.6 Å². The van der Waals surface area contributed by atoms with Crippen LogP contribution in [0, 0.1) is 6.92 Å². The molecule has 1 N–H and O–H groups in total. The van der Waals surface area contributed by atoms with Gasteiger partial charge in [-0.1, -0.05) is 73.3 Å². The number of nitrogens with zero attached hydrogens (tertiary/aromatic N) is 2. The maximum atomic E-state index is 14.2. The normalized spacial score (nSPS) is 12.0. The fourth-order valence-corrected chi connectivity index (χ4v) is 6.12. The van der Waals surface area contributed by atoms with E-state index in [-0.39, 0.29) is 23.0 Å². The first kappa shape index (κ1) is 33.2. The van der Waals surface area contributed by atoms with Crippen LogP contribution in [-0.4, -0.2) is 51.4 Å². The van der Waals surface area contributed by atoms with E-state index in [1.807, 2.05) is 20.8 Å². The van der Waals surface area contributed by atoms with Crippen molar-refractivity contribution in [2.24, 2.45) is 0 Å². The summed E-state index contributed by atoms with van der Waals surface area (Å²) in [4.78, 5) is 28.9. The molecule has 3 aromatic rings. The Morgan fingerprint density at radius 2 is 1.69 bits per heavy atom. The monoisotopic (exact) mass is 633 g/mol. The number of halogens is 2. The van der Waals surface area contributed by atoms with E-state index in [0.717, 1.165) is 22.7 Å². The standard InChI is InChI=1S/C31H37Cl2N3O5S/c1-5-7-17-34-31(38)29(6-2)35(20-23-13-16-27(32)28(33)18-23)30(37)21-36(24-9-8-10-25(19-24)41-4)42(39,40)26-14-11-22(3)12-15-26/h8-16,18-19,29H,5-7,17,20-21H2,1-4H3,(H,34,38)/t29-/m1/s1. The summed E-state index contributed by atoms with van der Waals surface area (Å²) in [5.41, 5.74) is 1.79. The largest absolute Gasteiger partial charge is 0.497 e. The molecular weight excluding hydrogens is 597 g/mol. The molecule has 0 saturated heterocycles. The number of hydrogen-bond acceptors (Lipinski definition) is 5. The van der Waals surface area contributed by atoms with Crippen LogP contribution in [0.3, 0.4) is 0 Å². The molecule has 2 amide bonds. The molecule has 0 spiro atoms. The zero-order valence-electron chi connectivity index (χ0n) is 24.3. The van der Waals surface area contributed by atoms with Crippen molar-refractivity contribution in [3.8, 4) is 5.75 Å². The van der Waals surface area contributed by atoms with E-state index >= 15 is 0 Å². The summed E-state index contributed by atoms with van der Waals surface area (Å²) >= 11 is 12.4. The molecule has 0 bridgehead atoms. The molecule has 1 atom stereocenters. The van der Waals surface area contributed by atoms with E-state index in [4.69, 9.17) is 27.9 Å². The number of nitrogens with one attached hydrogen (secondary N) is 1. The third kappa shape index (κ3) is 8.40. The molecule has 0 aromatic heterocycles. The first-order chi connectivity index (χ1) is 20.0. The number of anilines is 1. The number of sulfonamides is 1. The molecule has 0 heterocycles. The number of amides is 2. The first-order valence-corrected chi connectivity index (χ1v) is 16.0. The van der Waals surface area contributed by atoms with Crippen molar-refractivity contribution in [3.63, 3.8) is 0 Å². The summed E-state index contributed by atoms with van der Waals surface area (Å²) in [6.45, 7) is 5.62. The van der Waals surface area contributed by atoms with Crippen LogP contribution in [0.15, 0.2) is 71.6 Å². The molecule has 8 nitrogen and oxygen atoms in total. The van der Waals surface area contributed by atoms with Gasteiger partial charge in [-0.3, -0.25) is 13.9 Å². The SMILES string of the molecule is CCCCNC(=O)[C@@H](CC)N(Cc1ccc(Cl)c(Cl)c1)C(=O)CN(c1cccc(OC)c1)S(=O)(=O)c1ccc(C)cc1. The number of carbonyl (C=O) groups excluding carboxylic acids is 2. The van der Waals surface area contributed by atoms with Crippen LogP contribution in [-0.2, 0) is 26.2 Å². The zero-order valence-corrected chi connectivity index (χ0v) is 26.6. The molecule has 42 heavy (non-hydrogen) atoms. The molecule has 0 radical (unpaired) electrons. The number of methoxy groups -OCH3 is 1. The molecule has 0 fully saturated rings. The number of ether oxygens (including phenoxy) is 1. The van der Waals surface area contributed by atoms with Gasteiger partial charge < -0.3 is 15.0 Å². The highest BCUT2D eigenvalue weighted by Gasteiger charge is 2.33. The van der Waals surface area contributed by atoms with Gasteiger partial charge in [0.1, 0.15) is 18.3 Å². The number of unbranched alkanes of at least 4 members (excludes halogenated alkanes) is 1. The van der Waals surface area contributed by atoms with Gasteiger partial charge >= 0.3 is 0 Å². The average molecular weight is 635 g/mol. The first-order valence-electron chi connectivity index (χ1n) is 13.8. The lowest BCUT2D eigenvalue weighted by Crippen LogP contribution is -2.52. The van der Waals surface area contributed by atoms with Crippen LogP contribution in [0.5, 0.6) is 5.75 Å². The minimum absolute atomic E-state index is 0.0198. The van der Waals surface area contributed by atoms with E-state index in [2.05, 4.69) is 5.32 Å². The summed E-state index contributed by atoms with van der Waals surface area (Å²) in [7, 11) is -2.71. The number of benzene rings is 3.